The highest BCUT2D eigenvalue weighted by atomic mass is 32.2. The van der Waals surface area contributed by atoms with Crippen molar-refractivity contribution in [1.29, 1.82) is 0 Å². The predicted molar refractivity (Wildman–Crippen MR) is 127 cm³/mol. The maximum atomic E-state index is 11.9. The molecular weight excluding hydrogens is 412 g/mol. The van der Waals surface area contributed by atoms with Crippen LogP contribution >= 0.6 is 11.8 Å². The highest BCUT2D eigenvalue weighted by Gasteiger charge is 2.07. The summed E-state index contributed by atoms with van der Waals surface area (Å²) in [4.78, 5) is 19.1. The van der Waals surface area contributed by atoms with Crippen LogP contribution in [0, 0.1) is 0 Å². The molecule has 0 aromatic heterocycles. The van der Waals surface area contributed by atoms with Gasteiger partial charge in [0, 0.05) is 37.8 Å². The van der Waals surface area contributed by atoms with Crippen LogP contribution in [0.2, 0.25) is 0 Å². The van der Waals surface area contributed by atoms with Gasteiger partial charge in [-0.05, 0) is 36.2 Å². The van der Waals surface area contributed by atoms with Crippen LogP contribution in [0.25, 0.3) is 0 Å². The number of hydrogen-bond acceptors (Lipinski definition) is 5. The Morgan fingerprint density at radius 3 is 2.39 bits per heavy atom. The predicted octanol–water partition coefficient (Wildman–Crippen LogP) is 2.66. The first-order valence-electron chi connectivity index (χ1n) is 10.1. The fraction of sp³-hybridized carbons (Fsp3) is 0.391. The second kappa shape index (κ2) is 13.4. The number of methoxy groups -OCH3 is 2. The fourth-order valence-electron chi connectivity index (χ4n) is 2.68. The summed E-state index contributed by atoms with van der Waals surface area (Å²) < 4.78 is 10.7. The van der Waals surface area contributed by atoms with Gasteiger partial charge in [0.2, 0.25) is 5.91 Å². The van der Waals surface area contributed by atoms with Crippen LogP contribution in [0.4, 0.5) is 0 Å². The molecule has 168 valence electrons. The summed E-state index contributed by atoms with van der Waals surface area (Å²) in [5.41, 5.74) is 1.12. The molecule has 0 heterocycles. The molecule has 2 rings (SSSR count). The van der Waals surface area contributed by atoms with Crippen LogP contribution in [0.3, 0.4) is 0 Å². The number of thioether (sulfide) groups is 1. The van der Waals surface area contributed by atoms with E-state index in [2.05, 4.69) is 27.8 Å². The molecule has 1 amide bonds. The molecule has 2 aromatic rings. The van der Waals surface area contributed by atoms with Crippen LogP contribution in [-0.4, -0.2) is 70.5 Å². The highest BCUT2D eigenvalue weighted by Crippen LogP contribution is 2.27. The average molecular weight is 445 g/mol. The molecule has 2 aromatic carbocycles. The standard InChI is InChI=1S/C23H32N4O3S/c1-27(2)22(28)17-26-23(25-14-15-31-19-8-6-5-7-9-19)24-13-12-18-10-11-20(29-3)21(16-18)30-4/h5-11,16H,12-15,17H2,1-4H3,(H2,24,25,26). The van der Waals surface area contributed by atoms with Gasteiger partial charge in [-0.3, -0.25) is 4.79 Å². The Morgan fingerprint density at radius 2 is 1.71 bits per heavy atom. The SMILES string of the molecule is COc1ccc(CCNC(=NCC(=O)N(C)C)NCCSc2ccccc2)cc1OC. The van der Waals surface area contributed by atoms with Crippen molar-refractivity contribution in [2.75, 3.05) is 53.7 Å². The number of guanidine groups is 1. The van der Waals surface area contributed by atoms with Gasteiger partial charge in [-0.25, -0.2) is 4.99 Å². The molecular formula is C23H32N4O3S. The Bertz CT molecular complexity index is 844. The van der Waals surface area contributed by atoms with Crippen molar-refractivity contribution < 1.29 is 14.3 Å². The maximum Gasteiger partial charge on any atom is 0.243 e. The van der Waals surface area contributed by atoms with Gasteiger partial charge in [0.25, 0.3) is 0 Å². The molecule has 0 aliphatic heterocycles. The molecule has 7 nitrogen and oxygen atoms in total. The first-order chi connectivity index (χ1) is 15.0. The smallest absolute Gasteiger partial charge is 0.243 e. The van der Waals surface area contributed by atoms with Crippen LogP contribution < -0.4 is 20.1 Å². The molecule has 0 aliphatic carbocycles. The molecule has 2 N–H and O–H groups in total. The summed E-state index contributed by atoms with van der Waals surface area (Å²) in [7, 11) is 6.71. The van der Waals surface area contributed by atoms with E-state index in [4.69, 9.17) is 9.47 Å². The fourth-order valence-corrected chi connectivity index (χ4v) is 3.47. The van der Waals surface area contributed by atoms with Gasteiger partial charge in [0.05, 0.1) is 14.2 Å². The minimum atomic E-state index is -0.0420. The highest BCUT2D eigenvalue weighted by molar-refractivity contribution is 7.99. The van der Waals surface area contributed by atoms with Gasteiger partial charge in [0.15, 0.2) is 17.5 Å². The van der Waals surface area contributed by atoms with E-state index in [9.17, 15) is 4.79 Å². The first kappa shape index (κ1) is 24.4. The molecule has 8 heteroatoms. The Balaban J connectivity index is 1.88. The molecule has 0 aliphatic rings. The first-order valence-corrected chi connectivity index (χ1v) is 11.1. The monoisotopic (exact) mass is 444 g/mol. The molecule has 31 heavy (non-hydrogen) atoms. The summed E-state index contributed by atoms with van der Waals surface area (Å²) >= 11 is 1.77. The number of amides is 1. The maximum absolute atomic E-state index is 11.9. The zero-order valence-corrected chi connectivity index (χ0v) is 19.5. The van der Waals surface area contributed by atoms with E-state index in [1.807, 2.05) is 36.4 Å². The summed E-state index contributed by atoms with van der Waals surface area (Å²) in [5, 5.41) is 6.63. The lowest BCUT2D eigenvalue weighted by atomic mass is 10.1. The minimum Gasteiger partial charge on any atom is -0.493 e. The molecule has 0 radical (unpaired) electrons. The summed E-state index contributed by atoms with van der Waals surface area (Å²) in [6.07, 6.45) is 0.779. The van der Waals surface area contributed by atoms with Gasteiger partial charge in [-0.1, -0.05) is 24.3 Å². The lowest BCUT2D eigenvalue weighted by Crippen LogP contribution is -2.40. The molecule has 0 saturated carbocycles. The van der Waals surface area contributed by atoms with Gasteiger partial charge in [0.1, 0.15) is 6.54 Å². The van der Waals surface area contributed by atoms with Gasteiger partial charge >= 0.3 is 0 Å². The van der Waals surface area contributed by atoms with Gasteiger partial charge in [-0.2, -0.15) is 0 Å². The number of aliphatic imine (C=N–C) groups is 1. The number of carbonyl (C=O) groups excluding carboxylic acids is 1. The molecule has 0 fully saturated rings. The Labute approximate surface area is 189 Å². The number of likely N-dealkylation sites (N-methyl/N-ethyl adjacent to an activating group) is 1. The Hall–Kier alpha value is -2.87. The number of ether oxygens (including phenoxy) is 2. The van der Waals surface area contributed by atoms with Crippen molar-refractivity contribution in [2.24, 2.45) is 4.99 Å². The average Bonchev–Trinajstić information content (AvgIpc) is 2.79. The Morgan fingerprint density at radius 1 is 1.00 bits per heavy atom. The van der Waals surface area contributed by atoms with Crippen molar-refractivity contribution in [3.8, 4) is 11.5 Å². The summed E-state index contributed by atoms with van der Waals surface area (Å²) in [6, 6.07) is 16.1. The van der Waals surface area contributed by atoms with E-state index in [1.54, 1.807) is 40.1 Å². The van der Waals surface area contributed by atoms with Crippen molar-refractivity contribution in [2.45, 2.75) is 11.3 Å². The normalized spacial score (nSPS) is 11.0. The largest absolute Gasteiger partial charge is 0.493 e. The second-order valence-corrected chi connectivity index (χ2v) is 8.08. The zero-order chi connectivity index (χ0) is 22.5. The number of nitrogens with zero attached hydrogens (tertiary/aromatic N) is 2. The minimum absolute atomic E-state index is 0.0420. The van der Waals surface area contributed by atoms with E-state index in [0.29, 0.717) is 24.0 Å². The third-order valence-corrected chi connectivity index (χ3v) is 5.45. The lowest BCUT2D eigenvalue weighted by molar-refractivity contribution is -0.127. The molecule has 0 bridgehead atoms. The van der Waals surface area contributed by atoms with Gasteiger partial charge in [-0.15, -0.1) is 11.8 Å². The number of benzene rings is 2. The van der Waals surface area contributed by atoms with Crippen LogP contribution in [0.15, 0.2) is 58.4 Å². The van der Waals surface area contributed by atoms with Crippen LogP contribution in [0.1, 0.15) is 5.56 Å². The van der Waals surface area contributed by atoms with E-state index in [0.717, 1.165) is 24.3 Å². The van der Waals surface area contributed by atoms with E-state index < -0.39 is 0 Å². The molecule has 0 atom stereocenters. The Kier molecular flexibility index (Phi) is 10.6. The summed E-state index contributed by atoms with van der Waals surface area (Å²) in [5.74, 6) is 2.90. The van der Waals surface area contributed by atoms with E-state index in [1.165, 1.54) is 9.80 Å². The van der Waals surface area contributed by atoms with Crippen molar-refractivity contribution in [3.05, 3.63) is 54.1 Å². The lowest BCUT2D eigenvalue weighted by Gasteiger charge is -2.14. The molecule has 0 spiro atoms. The second-order valence-electron chi connectivity index (χ2n) is 6.91. The van der Waals surface area contributed by atoms with Crippen LogP contribution in [0.5, 0.6) is 11.5 Å². The zero-order valence-electron chi connectivity index (χ0n) is 18.7. The van der Waals surface area contributed by atoms with Gasteiger partial charge < -0.3 is 25.0 Å². The molecule has 0 saturated heterocycles. The van der Waals surface area contributed by atoms with Crippen molar-refractivity contribution in [1.82, 2.24) is 15.5 Å². The van der Waals surface area contributed by atoms with Crippen molar-refractivity contribution in [3.63, 3.8) is 0 Å². The van der Waals surface area contributed by atoms with E-state index >= 15 is 0 Å². The van der Waals surface area contributed by atoms with Crippen LogP contribution in [-0.2, 0) is 11.2 Å². The third kappa shape index (κ3) is 8.80. The summed E-state index contributed by atoms with van der Waals surface area (Å²) in [6.45, 7) is 1.51. The number of nitrogens with one attached hydrogen (secondary N) is 2. The topological polar surface area (TPSA) is 75.2 Å². The van der Waals surface area contributed by atoms with Crippen molar-refractivity contribution >= 4 is 23.6 Å². The quantitative estimate of drug-likeness (QED) is 0.240. The molecule has 0 unspecified atom stereocenters. The number of carbonyl (C=O) groups is 1. The van der Waals surface area contributed by atoms with E-state index in [-0.39, 0.29) is 12.5 Å². The third-order valence-electron chi connectivity index (χ3n) is 4.43. The number of rotatable bonds is 11. The number of hydrogen-bond donors (Lipinski definition) is 2.